The second-order valence-electron chi connectivity index (χ2n) is 5.71. The van der Waals surface area contributed by atoms with E-state index in [1.54, 1.807) is 0 Å². The van der Waals surface area contributed by atoms with Gasteiger partial charge in [-0.1, -0.05) is 66.7 Å². The van der Waals surface area contributed by atoms with E-state index in [0.717, 1.165) is 11.1 Å². The van der Waals surface area contributed by atoms with Gasteiger partial charge in [0.2, 0.25) is 0 Å². The summed E-state index contributed by atoms with van der Waals surface area (Å²) in [7, 11) is 0. The van der Waals surface area contributed by atoms with Gasteiger partial charge in [-0.25, -0.2) is 0 Å². The van der Waals surface area contributed by atoms with Crippen molar-refractivity contribution in [1.82, 2.24) is 4.90 Å². The summed E-state index contributed by atoms with van der Waals surface area (Å²) < 4.78 is 0. The molecule has 23 heavy (non-hydrogen) atoms. The number of fused-ring (bicyclic) bond motifs is 1. The summed E-state index contributed by atoms with van der Waals surface area (Å²) in [5.74, 6) is -0.804. The Morgan fingerprint density at radius 1 is 0.783 bits per heavy atom. The van der Waals surface area contributed by atoms with Crippen LogP contribution in [0.15, 0.2) is 72.8 Å². The number of carboxylic acid groups (broad SMARTS) is 1. The summed E-state index contributed by atoms with van der Waals surface area (Å²) in [6.07, 6.45) is 0. The van der Waals surface area contributed by atoms with Crippen molar-refractivity contribution in [3.05, 3.63) is 83.9 Å². The highest BCUT2D eigenvalue weighted by Gasteiger charge is 2.11. The first-order valence-electron chi connectivity index (χ1n) is 7.66. The Kier molecular flexibility index (Phi) is 4.69. The number of aliphatic carboxylic acids is 1. The molecular formula is C20H19NO2. The molecule has 0 bridgehead atoms. The summed E-state index contributed by atoms with van der Waals surface area (Å²) in [6, 6.07) is 24.5. The SMILES string of the molecule is O=C(O)CN(Cc1ccccc1)Cc1ccc2ccccc2c1. The Morgan fingerprint density at radius 2 is 1.43 bits per heavy atom. The molecule has 1 N–H and O–H groups in total. The molecule has 3 aromatic carbocycles. The Labute approximate surface area is 135 Å². The van der Waals surface area contributed by atoms with Crippen molar-refractivity contribution in [2.45, 2.75) is 13.1 Å². The number of hydrogen-bond donors (Lipinski definition) is 1. The second kappa shape index (κ2) is 7.07. The molecule has 3 heteroatoms. The lowest BCUT2D eigenvalue weighted by Crippen LogP contribution is -2.28. The predicted molar refractivity (Wildman–Crippen MR) is 92.1 cm³/mol. The molecule has 0 atom stereocenters. The normalized spacial score (nSPS) is 11.0. The van der Waals surface area contributed by atoms with E-state index in [0.29, 0.717) is 13.1 Å². The van der Waals surface area contributed by atoms with E-state index in [2.05, 4.69) is 30.3 Å². The topological polar surface area (TPSA) is 40.5 Å². The second-order valence-corrected chi connectivity index (χ2v) is 5.71. The van der Waals surface area contributed by atoms with E-state index in [1.807, 2.05) is 47.4 Å². The fourth-order valence-corrected chi connectivity index (χ4v) is 2.80. The van der Waals surface area contributed by atoms with Gasteiger partial charge < -0.3 is 5.11 Å². The minimum atomic E-state index is -0.804. The third kappa shape index (κ3) is 4.18. The average molecular weight is 305 g/mol. The highest BCUT2D eigenvalue weighted by atomic mass is 16.4. The minimum Gasteiger partial charge on any atom is -0.480 e. The van der Waals surface area contributed by atoms with Crippen LogP contribution in [0.2, 0.25) is 0 Å². The molecule has 0 aliphatic heterocycles. The number of carboxylic acids is 1. The maximum Gasteiger partial charge on any atom is 0.317 e. The Bertz CT molecular complexity index is 799. The number of benzene rings is 3. The molecule has 3 rings (SSSR count). The smallest absolute Gasteiger partial charge is 0.317 e. The minimum absolute atomic E-state index is 0.0295. The molecule has 0 aliphatic carbocycles. The van der Waals surface area contributed by atoms with Gasteiger partial charge in [-0.2, -0.15) is 0 Å². The van der Waals surface area contributed by atoms with Crippen LogP contribution in [0.3, 0.4) is 0 Å². The zero-order valence-corrected chi connectivity index (χ0v) is 12.9. The van der Waals surface area contributed by atoms with Crippen LogP contribution in [0.25, 0.3) is 10.8 Å². The van der Waals surface area contributed by atoms with E-state index < -0.39 is 5.97 Å². The quantitative estimate of drug-likeness (QED) is 0.750. The summed E-state index contributed by atoms with van der Waals surface area (Å²) in [5, 5.41) is 11.5. The fourth-order valence-electron chi connectivity index (χ4n) is 2.80. The van der Waals surface area contributed by atoms with Gasteiger partial charge >= 0.3 is 5.97 Å². The molecule has 0 aliphatic rings. The molecule has 3 nitrogen and oxygen atoms in total. The largest absolute Gasteiger partial charge is 0.480 e. The van der Waals surface area contributed by atoms with Crippen molar-refractivity contribution in [3.8, 4) is 0 Å². The van der Waals surface area contributed by atoms with Crippen LogP contribution in [0.4, 0.5) is 0 Å². The van der Waals surface area contributed by atoms with E-state index in [4.69, 9.17) is 0 Å². The third-order valence-electron chi connectivity index (χ3n) is 3.83. The standard InChI is InChI=1S/C20H19NO2/c22-20(23)15-21(13-16-6-2-1-3-7-16)14-17-10-11-18-8-4-5-9-19(18)12-17/h1-12H,13-15H2,(H,22,23). The first-order valence-corrected chi connectivity index (χ1v) is 7.66. The molecule has 0 aromatic heterocycles. The maximum absolute atomic E-state index is 11.2. The molecule has 3 aromatic rings. The van der Waals surface area contributed by atoms with Crippen molar-refractivity contribution >= 4 is 16.7 Å². The number of nitrogens with zero attached hydrogens (tertiary/aromatic N) is 1. The number of carbonyl (C=O) groups is 1. The van der Waals surface area contributed by atoms with E-state index in [1.165, 1.54) is 10.8 Å². The van der Waals surface area contributed by atoms with Gasteiger partial charge in [0.05, 0.1) is 6.54 Å². The summed E-state index contributed by atoms with van der Waals surface area (Å²) in [4.78, 5) is 13.1. The highest BCUT2D eigenvalue weighted by molar-refractivity contribution is 5.83. The molecular weight excluding hydrogens is 286 g/mol. The fraction of sp³-hybridized carbons (Fsp3) is 0.150. The van der Waals surface area contributed by atoms with Crippen LogP contribution < -0.4 is 0 Å². The molecule has 0 radical (unpaired) electrons. The van der Waals surface area contributed by atoms with Gasteiger partial charge in [0, 0.05) is 13.1 Å². The van der Waals surface area contributed by atoms with Gasteiger partial charge in [0.25, 0.3) is 0 Å². The van der Waals surface area contributed by atoms with Crippen LogP contribution in [0, 0.1) is 0 Å². The van der Waals surface area contributed by atoms with Crippen molar-refractivity contribution in [2.75, 3.05) is 6.54 Å². The predicted octanol–water partition coefficient (Wildman–Crippen LogP) is 3.93. The van der Waals surface area contributed by atoms with Crippen molar-refractivity contribution < 1.29 is 9.90 Å². The van der Waals surface area contributed by atoms with E-state index >= 15 is 0 Å². The van der Waals surface area contributed by atoms with Crippen LogP contribution in [-0.4, -0.2) is 22.5 Å². The van der Waals surface area contributed by atoms with Gasteiger partial charge in [0.15, 0.2) is 0 Å². The lowest BCUT2D eigenvalue weighted by molar-refractivity contribution is -0.138. The van der Waals surface area contributed by atoms with Gasteiger partial charge in [0.1, 0.15) is 0 Å². The van der Waals surface area contributed by atoms with Crippen LogP contribution >= 0.6 is 0 Å². The molecule has 0 unspecified atom stereocenters. The van der Waals surface area contributed by atoms with Gasteiger partial charge in [-0.05, 0) is 28.0 Å². The van der Waals surface area contributed by atoms with Gasteiger partial charge in [-0.15, -0.1) is 0 Å². The van der Waals surface area contributed by atoms with Crippen molar-refractivity contribution in [3.63, 3.8) is 0 Å². The first kappa shape index (κ1) is 15.3. The lowest BCUT2D eigenvalue weighted by atomic mass is 10.1. The molecule has 0 spiro atoms. The summed E-state index contributed by atoms with van der Waals surface area (Å²) in [6.45, 7) is 1.27. The first-order chi connectivity index (χ1) is 11.2. The van der Waals surface area contributed by atoms with Crippen molar-refractivity contribution in [1.29, 1.82) is 0 Å². The molecule has 116 valence electrons. The van der Waals surface area contributed by atoms with Crippen LogP contribution in [0.5, 0.6) is 0 Å². The Hall–Kier alpha value is -2.65. The summed E-state index contributed by atoms with van der Waals surface area (Å²) >= 11 is 0. The molecule has 0 amide bonds. The van der Waals surface area contributed by atoms with Crippen LogP contribution in [-0.2, 0) is 17.9 Å². The van der Waals surface area contributed by atoms with E-state index in [9.17, 15) is 9.90 Å². The van der Waals surface area contributed by atoms with E-state index in [-0.39, 0.29) is 6.54 Å². The summed E-state index contributed by atoms with van der Waals surface area (Å²) in [5.41, 5.74) is 2.25. The highest BCUT2D eigenvalue weighted by Crippen LogP contribution is 2.17. The third-order valence-corrected chi connectivity index (χ3v) is 3.83. The zero-order chi connectivity index (χ0) is 16.1. The molecule has 0 fully saturated rings. The maximum atomic E-state index is 11.2. The molecule has 0 heterocycles. The molecule has 0 saturated heterocycles. The van der Waals surface area contributed by atoms with Gasteiger partial charge in [-0.3, -0.25) is 9.69 Å². The number of rotatable bonds is 6. The number of hydrogen-bond acceptors (Lipinski definition) is 2. The van der Waals surface area contributed by atoms with Crippen LogP contribution in [0.1, 0.15) is 11.1 Å². The lowest BCUT2D eigenvalue weighted by Gasteiger charge is -2.20. The Morgan fingerprint density at radius 3 is 2.17 bits per heavy atom. The average Bonchev–Trinajstić information content (AvgIpc) is 2.55. The monoisotopic (exact) mass is 305 g/mol. The zero-order valence-electron chi connectivity index (χ0n) is 12.9. The molecule has 0 saturated carbocycles. The van der Waals surface area contributed by atoms with Crippen molar-refractivity contribution in [2.24, 2.45) is 0 Å². The Balaban J connectivity index is 1.80.